The molecule has 1 unspecified atom stereocenters. The van der Waals surface area contributed by atoms with Gasteiger partial charge in [0, 0.05) is 29.8 Å². The van der Waals surface area contributed by atoms with E-state index in [1.165, 1.54) is 30.3 Å². The summed E-state index contributed by atoms with van der Waals surface area (Å²) in [5, 5.41) is 5.11. The second-order valence-corrected chi connectivity index (χ2v) is 8.86. The van der Waals surface area contributed by atoms with Crippen molar-refractivity contribution in [1.29, 1.82) is 0 Å². The van der Waals surface area contributed by atoms with Crippen molar-refractivity contribution in [2.75, 3.05) is 31.2 Å². The molecule has 3 amide bonds. The first-order valence-electron chi connectivity index (χ1n) is 11.1. The van der Waals surface area contributed by atoms with Crippen LogP contribution >= 0.6 is 23.2 Å². The molecule has 0 fully saturated rings. The third kappa shape index (κ3) is 9.01. The molecule has 0 spiro atoms. The number of halogens is 6. The molecule has 0 bridgehead atoms. The van der Waals surface area contributed by atoms with Crippen LogP contribution < -0.4 is 25.0 Å². The summed E-state index contributed by atoms with van der Waals surface area (Å²) in [6, 6.07) is 7.81. The smallest absolute Gasteiger partial charge is 0.484 e. The van der Waals surface area contributed by atoms with Gasteiger partial charge in [-0.2, -0.15) is 0 Å². The highest BCUT2D eigenvalue weighted by Gasteiger charge is 2.36. The third-order valence-corrected chi connectivity index (χ3v) is 5.63. The van der Waals surface area contributed by atoms with Gasteiger partial charge in [-0.05, 0) is 30.3 Å². The van der Waals surface area contributed by atoms with Gasteiger partial charge < -0.3 is 25.0 Å². The van der Waals surface area contributed by atoms with Crippen LogP contribution in [0, 0.1) is 5.82 Å². The zero-order chi connectivity index (χ0) is 28.7. The lowest BCUT2D eigenvalue weighted by Gasteiger charge is -2.34. The second-order valence-electron chi connectivity index (χ2n) is 8.01. The summed E-state index contributed by atoms with van der Waals surface area (Å²) in [6.07, 6.45) is -6.22. The lowest BCUT2D eigenvalue weighted by atomic mass is 10.1. The average Bonchev–Trinajstić information content (AvgIpc) is 2.86. The molecule has 0 aromatic heterocycles. The first-order valence-corrected chi connectivity index (χ1v) is 11.9. The number of anilines is 1. The number of amides is 3. The van der Waals surface area contributed by atoms with Crippen molar-refractivity contribution < 1.29 is 46.2 Å². The van der Waals surface area contributed by atoms with E-state index >= 15 is 0 Å². The van der Waals surface area contributed by atoms with E-state index in [0.717, 1.165) is 11.0 Å². The molecule has 210 valence electrons. The van der Waals surface area contributed by atoms with Gasteiger partial charge in [-0.3, -0.25) is 19.1 Å². The molecule has 2 N–H and O–H groups in total. The van der Waals surface area contributed by atoms with Gasteiger partial charge in [-0.1, -0.05) is 29.8 Å². The normalized spacial score (nSPS) is 14.6. The molecule has 0 aliphatic carbocycles. The number of fused-ring (bicyclic) bond motifs is 1. The maximum absolute atomic E-state index is 13.4. The Morgan fingerprint density at radius 1 is 1.13 bits per heavy atom. The minimum Gasteiger partial charge on any atom is -0.484 e. The number of alkyl halides is 3. The minimum absolute atomic E-state index is 0.0459. The lowest BCUT2D eigenvalue weighted by molar-refractivity contribution is -0.320. The fraction of sp³-hybridized carbons (Fsp3) is 0.292. The van der Waals surface area contributed by atoms with Crippen LogP contribution in [0.4, 0.5) is 23.2 Å². The largest absolute Gasteiger partial charge is 0.523 e. The third-order valence-electron chi connectivity index (χ3n) is 5.09. The van der Waals surface area contributed by atoms with Crippen LogP contribution in [0.1, 0.15) is 6.42 Å². The summed E-state index contributed by atoms with van der Waals surface area (Å²) in [5.74, 6) is -2.86. The molecule has 39 heavy (non-hydrogen) atoms. The average molecular weight is 594 g/mol. The van der Waals surface area contributed by atoms with Gasteiger partial charge in [0.25, 0.3) is 17.7 Å². The van der Waals surface area contributed by atoms with Crippen LogP contribution in [0.25, 0.3) is 0 Å². The topological polar surface area (TPSA) is 106 Å². The van der Waals surface area contributed by atoms with E-state index in [4.69, 9.17) is 32.7 Å². The van der Waals surface area contributed by atoms with Crippen LogP contribution in [-0.2, 0) is 19.1 Å². The van der Waals surface area contributed by atoms with Crippen molar-refractivity contribution in [2.45, 2.75) is 18.9 Å². The van der Waals surface area contributed by atoms with Crippen LogP contribution in [0.3, 0.4) is 0 Å². The quantitative estimate of drug-likeness (QED) is 0.404. The van der Waals surface area contributed by atoms with E-state index < -0.39 is 55.8 Å². The zero-order valence-electron chi connectivity index (χ0n) is 19.9. The Kier molecular flexibility index (Phi) is 10.0. The number of benzene rings is 2. The Hall–Kier alpha value is -3.55. The van der Waals surface area contributed by atoms with Crippen molar-refractivity contribution in [3.05, 3.63) is 64.5 Å². The number of hydrogen-bond donors (Lipinski definition) is 2. The van der Waals surface area contributed by atoms with Gasteiger partial charge in [-0.25, -0.2) is 4.39 Å². The summed E-state index contributed by atoms with van der Waals surface area (Å²) in [4.78, 5) is 38.1. The molecule has 1 aliphatic rings. The van der Waals surface area contributed by atoms with Crippen LogP contribution in [-0.4, -0.2) is 56.5 Å². The van der Waals surface area contributed by atoms with Crippen molar-refractivity contribution in [2.24, 2.45) is 0 Å². The fourth-order valence-electron chi connectivity index (χ4n) is 3.29. The highest BCUT2D eigenvalue weighted by Crippen LogP contribution is 2.36. The van der Waals surface area contributed by atoms with E-state index in [1.54, 1.807) is 0 Å². The molecule has 0 saturated carbocycles. The Morgan fingerprint density at radius 3 is 2.56 bits per heavy atom. The summed E-state index contributed by atoms with van der Waals surface area (Å²) >= 11 is 11.5. The molecule has 0 radical (unpaired) electrons. The number of hydrogen-bond acceptors (Lipinski definition) is 6. The molecule has 2 aromatic rings. The second kappa shape index (κ2) is 13.0. The molecule has 3 rings (SSSR count). The van der Waals surface area contributed by atoms with Gasteiger partial charge in [0.15, 0.2) is 12.7 Å². The number of nitrogens with zero attached hydrogens (tertiary/aromatic N) is 1. The van der Waals surface area contributed by atoms with Gasteiger partial charge >= 0.3 is 6.36 Å². The van der Waals surface area contributed by atoms with Crippen LogP contribution in [0.15, 0.2) is 48.7 Å². The zero-order valence-corrected chi connectivity index (χ0v) is 21.5. The van der Waals surface area contributed by atoms with E-state index in [0.29, 0.717) is 0 Å². The molecule has 1 aliphatic heterocycles. The first kappa shape index (κ1) is 30.0. The van der Waals surface area contributed by atoms with Crippen LogP contribution in [0.5, 0.6) is 11.5 Å². The van der Waals surface area contributed by atoms with E-state index in [9.17, 15) is 31.9 Å². The van der Waals surface area contributed by atoms with E-state index in [1.807, 2.05) is 0 Å². The molecule has 9 nitrogen and oxygen atoms in total. The number of carbonyl (C=O) groups is 3. The number of carbonyl (C=O) groups excluding carboxylic acids is 3. The Morgan fingerprint density at radius 2 is 1.87 bits per heavy atom. The molecular formula is C24H21Cl2F4N3O6. The molecular weight excluding hydrogens is 573 g/mol. The summed E-state index contributed by atoms with van der Waals surface area (Å²) in [7, 11) is 0. The maximum atomic E-state index is 13.4. The standard InChI is InChI=1S/C24H21Cl2F4N3O6/c1-13(6-7-31-21(34)11-37-15-3-4-16(26)17(27)9-15)32-23(36)20-10-33(22(35)12-38-24(28,29)30)18-8-14(25)2-5-19(18)39-20/h2-5,8-9,20H,1,6-7,10-12H2,(H,31,34)(H,32,36). The van der Waals surface area contributed by atoms with E-state index in [2.05, 4.69) is 21.9 Å². The molecule has 15 heteroatoms. The lowest BCUT2D eigenvalue weighted by Crippen LogP contribution is -2.51. The van der Waals surface area contributed by atoms with Crippen molar-refractivity contribution in [1.82, 2.24) is 10.6 Å². The molecule has 1 heterocycles. The minimum atomic E-state index is -5.02. The summed E-state index contributed by atoms with van der Waals surface area (Å²) < 4.78 is 65.1. The van der Waals surface area contributed by atoms with Gasteiger partial charge in [0.05, 0.1) is 17.3 Å². The van der Waals surface area contributed by atoms with E-state index in [-0.39, 0.29) is 45.9 Å². The number of rotatable bonds is 10. The Bertz CT molecular complexity index is 1260. The van der Waals surface area contributed by atoms with Crippen LogP contribution in [0.2, 0.25) is 10.0 Å². The number of nitrogens with one attached hydrogen (secondary N) is 2. The summed E-state index contributed by atoms with van der Waals surface area (Å²) in [5.41, 5.74) is 0.261. The predicted molar refractivity (Wildman–Crippen MR) is 132 cm³/mol. The monoisotopic (exact) mass is 593 g/mol. The number of ether oxygens (including phenoxy) is 3. The van der Waals surface area contributed by atoms with Crippen molar-refractivity contribution in [3.8, 4) is 11.5 Å². The van der Waals surface area contributed by atoms with Gasteiger partial charge in [0.1, 0.15) is 23.9 Å². The SMILES string of the molecule is C=C(CCNC(=O)COc1ccc(Cl)c(F)c1)NC(=O)C1CN(C(=O)COC(F)(F)F)c2cc(Cl)ccc2O1. The van der Waals surface area contributed by atoms with Crippen molar-refractivity contribution >= 4 is 46.6 Å². The Balaban J connectivity index is 1.50. The highest BCUT2D eigenvalue weighted by molar-refractivity contribution is 6.31. The van der Waals surface area contributed by atoms with Crippen molar-refractivity contribution in [3.63, 3.8) is 0 Å². The summed E-state index contributed by atoms with van der Waals surface area (Å²) in [6.45, 7) is 1.62. The van der Waals surface area contributed by atoms with Gasteiger partial charge in [-0.15, -0.1) is 13.2 Å². The fourth-order valence-corrected chi connectivity index (χ4v) is 3.57. The first-order chi connectivity index (χ1) is 18.3. The molecule has 1 atom stereocenters. The highest BCUT2D eigenvalue weighted by atomic mass is 35.5. The molecule has 0 saturated heterocycles. The predicted octanol–water partition coefficient (Wildman–Crippen LogP) is 3.98. The Labute approximate surface area is 229 Å². The van der Waals surface area contributed by atoms with Gasteiger partial charge in [0.2, 0.25) is 0 Å². The molecule has 2 aromatic carbocycles. The maximum Gasteiger partial charge on any atom is 0.523 e.